The Labute approximate surface area is 126 Å². The zero-order valence-corrected chi connectivity index (χ0v) is 12.8. The molecular formula is C17H24N2O2. The fourth-order valence-electron chi connectivity index (χ4n) is 2.24. The molecular weight excluding hydrogens is 264 g/mol. The second kappa shape index (κ2) is 7.25. The Morgan fingerprint density at radius 1 is 1.33 bits per heavy atom. The third-order valence-electron chi connectivity index (χ3n) is 4.12. The Balaban J connectivity index is 1.90. The molecule has 2 rings (SSSR count). The second-order valence-electron chi connectivity index (χ2n) is 5.83. The van der Waals surface area contributed by atoms with E-state index in [0.717, 1.165) is 31.2 Å². The zero-order valence-electron chi connectivity index (χ0n) is 12.8. The highest BCUT2D eigenvalue weighted by Gasteiger charge is 2.24. The van der Waals surface area contributed by atoms with Crippen LogP contribution in [0.25, 0.3) is 0 Å². The standard InChI is InChI=1S/C17H24N2O2/c1-3-12(2)19-17(21)15-9-4-6-13(10-15)11-18-16(20)14-7-5-8-14/h4,6,9-10,12,14H,3,5,7-8,11H2,1-2H3,(H,18,20)(H,19,21)/t12-/m0/s1. The first-order chi connectivity index (χ1) is 10.1. The summed E-state index contributed by atoms with van der Waals surface area (Å²) in [5, 5.41) is 5.90. The van der Waals surface area contributed by atoms with Crippen molar-refractivity contribution in [1.29, 1.82) is 0 Å². The van der Waals surface area contributed by atoms with Crippen LogP contribution >= 0.6 is 0 Å². The summed E-state index contributed by atoms with van der Waals surface area (Å²) in [7, 11) is 0. The minimum absolute atomic E-state index is 0.0588. The lowest BCUT2D eigenvalue weighted by atomic mass is 9.85. The Morgan fingerprint density at radius 3 is 2.71 bits per heavy atom. The molecule has 1 fully saturated rings. The molecule has 2 N–H and O–H groups in total. The second-order valence-corrected chi connectivity index (χ2v) is 5.83. The van der Waals surface area contributed by atoms with Gasteiger partial charge in [0.25, 0.3) is 5.91 Å². The first-order valence-electron chi connectivity index (χ1n) is 7.77. The van der Waals surface area contributed by atoms with Gasteiger partial charge in [-0.15, -0.1) is 0 Å². The van der Waals surface area contributed by atoms with Crippen molar-refractivity contribution in [2.24, 2.45) is 5.92 Å². The molecule has 4 heteroatoms. The van der Waals surface area contributed by atoms with E-state index in [-0.39, 0.29) is 23.8 Å². The molecule has 21 heavy (non-hydrogen) atoms. The third-order valence-corrected chi connectivity index (χ3v) is 4.12. The Hall–Kier alpha value is -1.84. The lowest BCUT2D eigenvalue weighted by Gasteiger charge is -2.24. The minimum Gasteiger partial charge on any atom is -0.352 e. The summed E-state index contributed by atoms with van der Waals surface area (Å²) in [6.07, 6.45) is 4.07. The maximum Gasteiger partial charge on any atom is 0.251 e. The summed E-state index contributed by atoms with van der Waals surface area (Å²) in [6.45, 7) is 4.51. The Morgan fingerprint density at radius 2 is 2.10 bits per heavy atom. The number of amides is 2. The van der Waals surface area contributed by atoms with Crippen LogP contribution in [0.2, 0.25) is 0 Å². The van der Waals surface area contributed by atoms with Crippen LogP contribution in [0.4, 0.5) is 0 Å². The highest BCUT2D eigenvalue weighted by Crippen LogP contribution is 2.26. The number of nitrogens with one attached hydrogen (secondary N) is 2. The van der Waals surface area contributed by atoms with Crippen LogP contribution in [-0.4, -0.2) is 17.9 Å². The molecule has 1 aliphatic carbocycles. The summed E-state index contributed by atoms with van der Waals surface area (Å²) in [5.41, 5.74) is 1.60. The number of carbonyl (C=O) groups excluding carboxylic acids is 2. The van der Waals surface area contributed by atoms with Gasteiger partial charge < -0.3 is 10.6 Å². The van der Waals surface area contributed by atoms with Gasteiger partial charge in [-0.3, -0.25) is 9.59 Å². The molecule has 4 nitrogen and oxygen atoms in total. The predicted octanol–water partition coefficient (Wildman–Crippen LogP) is 2.63. The van der Waals surface area contributed by atoms with Gasteiger partial charge in [0.1, 0.15) is 0 Å². The summed E-state index contributed by atoms with van der Waals surface area (Å²) >= 11 is 0. The van der Waals surface area contributed by atoms with Gasteiger partial charge in [-0.05, 0) is 43.9 Å². The van der Waals surface area contributed by atoms with E-state index >= 15 is 0 Å². The van der Waals surface area contributed by atoms with Crippen LogP contribution < -0.4 is 10.6 Å². The topological polar surface area (TPSA) is 58.2 Å². The molecule has 0 bridgehead atoms. The third kappa shape index (κ3) is 4.31. The van der Waals surface area contributed by atoms with Gasteiger partial charge in [-0.2, -0.15) is 0 Å². The van der Waals surface area contributed by atoms with Crippen LogP contribution in [0.5, 0.6) is 0 Å². The molecule has 1 aliphatic rings. The van der Waals surface area contributed by atoms with Crippen molar-refractivity contribution in [3.63, 3.8) is 0 Å². The van der Waals surface area contributed by atoms with Crippen molar-refractivity contribution in [2.75, 3.05) is 0 Å². The number of benzene rings is 1. The number of hydrogen-bond acceptors (Lipinski definition) is 2. The van der Waals surface area contributed by atoms with Crippen molar-refractivity contribution in [1.82, 2.24) is 10.6 Å². The van der Waals surface area contributed by atoms with Gasteiger partial charge in [0.15, 0.2) is 0 Å². The molecule has 0 aliphatic heterocycles. The minimum atomic E-state index is -0.0588. The monoisotopic (exact) mass is 288 g/mol. The van der Waals surface area contributed by atoms with E-state index in [1.807, 2.05) is 32.0 Å². The summed E-state index contributed by atoms with van der Waals surface area (Å²) in [6, 6.07) is 7.60. The fourth-order valence-corrected chi connectivity index (χ4v) is 2.24. The molecule has 0 unspecified atom stereocenters. The van der Waals surface area contributed by atoms with Gasteiger partial charge >= 0.3 is 0 Å². The average Bonchev–Trinajstić information content (AvgIpc) is 2.43. The predicted molar refractivity (Wildman–Crippen MR) is 82.8 cm³/mol. The molecule has 114 valence electrons. The van der Waals surface area contributed by atoms with E-state index in [2.05, 4.69) is 10.6 Å². The zero-order chi connectivity index (χ0) is 15.2. The number of rotatable bonds is 6. The highest BCUT2D eigenvalue weighted by molar-refractivity contribution is 5.94. The van der Waals surface area contributed by atoms with Crippen molar-refractivity contribution in [3.8, 4) is 0 Å². The van der Waals surface area contributed by atoms with E-state index in [0.29, 0.717) is 12.1 Å². The smallest absolute Gasteiger partial charge is 0.251 e. The highest BCUT2D eigenvalue weighted by atomic mass is 16.2. The molecule has 1 aromatic carbocycles. The largest absolute Gasteiger partial charge is 0.352 e. The van der Waals surface area contributed by atoms with Gasteiger partial charge in [0, 0.05) is 24.1 Å². The first-order valence-corrected chi connectivity index (χ1v) is 7.77. The molecule has 0 saturated heterocycles. The molecule has 0 heterocycles. The van der Waals surface area contributed by atoms with Gasteiger partial charge in [0.2, 0.25) is 5.91 Å². The number of carbonyl (C=O) groups is 2. The molecule has 0 spiro atoms. The van der Waals surface area contributed by atoms with Crippen molar-refractivity contribution in [3.05, 3.63) is 35.4 Å². The summed E-state index contributed by atoms with van der Waals surface area (Å²) in [5.74, 6) is 0.272. The molecule has 0 radical (unpaired) electrons. The van der Waals surface area contributed by atoms with E-state index in [4.69, 9.17) is 0 Å². The lowest BCUT2D eigenvalue weighted by Crippen LogP contribution is -2.34. The maximum absolute atomic E-state index is 12.1. The molecule has 1 atom stereocenters. The van der Waals surface area contributed by atoms with E-state index < -0.39 is 0 Å². The van der Waals surface area contributed by atoms with Crippen LogP contribution in [-0.2, 0) is 11.3 Å². The van der Waals surface area contributed by atoms with Gasteiger partial charge in [-0.1, -0.05) is 25.5 Å². The number of hydrogen-bond donors (Lipinski definition) is 2. The van der Waals surface area contributed by atoms with Crippen LogP contribution in [0.3, 0.4) is 0 Å². The van der Waals surface area contributed by atoms with Gasteiger partial charge in [-0.25, -0.2) is 0 Å². The Kier molecular flexibility index (Phi) is 5.37. The summed E-state index contributed by atoms with van der Waals surface area (Å²) in [4.78, 5) is 23.9. The van der Waals surface area contributed by atoms with Crippen LogP contribution in [0.15, 0.2) is 24.3 Å². The van der Waals surface area contributed by atoms with Crippen molar-refractivity contribution in [2.45, 2.75) is 52.1 Å². The SMILES string of the molecule is CC[C@H](C)NC(=O)c1cccc(CNC(=O)C2CCC2)c1. The van der Waals surface area contributed by atoms with Crippen LogP contribution in [0.1, 0.15) is 55.5 Å². The average molecular weight is 288 g/mol. The summed E-state index contributed by atoms with van der Waals surface area (Å²) < 4.78 is 0. The van der Waals surface area contributed by atoms with Crippen molar-refractivity contribution >= 4 is 11.8 Å². The molecule has 2 amide bonds. The first kappa shape index (κ1) is 15.5. The normalized spacial score (nSPS) is 15.9. The molecule has 0 aromatic heterocycles. The fraction of sp³-hybridized carbons (Fsp3) is 0.529. The van der Waals surface area contributed by atoms with E-state index in [9.17, 15) is 9.59 Å². The van der Waals surface area contributed by atoms with E-state index in [1.165, 1.54) is 0 Å². The Bertz CT molecular complexity index is 509. The molecule has 1 aromatic rings. The van der Waals surface area contributed by atoms with Crippen LogP contribution in [0, 0.1) is 5.92 Å². The van der Waals surface area contributed by atoms with Crippen molar-refractivity contribution < 1.29 is 9.59 Å². The molecule has 1 saturated carbocycles. The van der Waals surface area contributed by atoms with Gasteiger partial charge in [0.05, 0.1) is 0 Å². The quantitative estimate of drug-likeness (QED) is 0.845. The maximum atomic E-state index is 12.1. The van der Waals surface area contributed by atoms with E-state index in [1.54, 1.807) is 6.07 Å². The lowest BCUT2D eigenvalue weighted by molar-refractivity contribution is -0.127.